The molecule has 0 saturated carbocycles. The Labute approximate surface area is 124 Å². The lowest BCUT2D eigenvalue weighted by atomic mass is 10.1. The molecule has 21 heavy (non-hydrogen) atoms. The van der Waals surface area contributed by atoms with E-state index in [2.05, 4.69) is 12.2 Å². The van der Waals surface area contributed by atoms with E-state index < -0.39 is 10.9 Å². The third-order valence-electron chi connectivity index (χ3n) is 3.33. The lowest BCUT2D eigenvalue weighted by Crippen LogP contribution is -2.15. The van der Waals surface area contributed by atoms with Crippen molar-refractivity contribution in [2.45, 2.75) is 52.0 Å². The van der Waals surface area contributed by atoms with Crippen LogP contribution in [0.5, 0.6) is 0 Å². The summed E-state index contributed by atoms with van der Waals surface area (Å²) in [6.45, 7) is 4.18. The summed E-state index contributed by atoms with van der Waals surface area (Å²) in [6.07, 6.45) is 5.68. The number of carboxylic acid groups (broad SMARTS) is 1. The molecule has 116 valence electrons. The fourth-order valence-electron chi connectivity index (χ4n) is 2.19. The normalized spacial score (nSPS) is 11.9. The molecule has 0 aliphatic rings. The first-order valence-electron chi connectivity index (χ1n) is 7.24. The number of benzene rings is 1. The lowest BCUT2D eigenvalue weighted by molar-refractivity contribution is -0.385. The molecule has 0 saturated heterocycles. The van der Waals surface area contributed by atoms with Crippen molar-refractivity contribution in [2.24, 2.45) is 0 Å². The van der Waals surface area contributed by atoms with E-state index in [0.717, 1.165) is 12.8 Å². The van der Waals surface area contributed by atoms with Gasteiger partial charge in [-0.05, 0) is 25.5 Å². The van der Waals surface area contributed by atoms with Gasteiger partial charge in [0.05, 0.1) is 4.92 Å². The molecule has 1 unspecified atom stereocenters. The van der Waals surface area contributed by atoms with E-state index in [1.165, 1.54) is 31.4 Å². The molecule has 0 amide bonds. The topological polar surface area (TPSA) is 92.5 Å². The van der Waals surface area contributed by atoms with Crippen molar-refractivity contribution in [3.05, 3.63) is 33.9 Å². The van der Waals surface area contributed by atoms with Gasteiger partial charge in [0, 0.05) is 17.8 Å². The highest BCUT2D eigenvalue weighted by molar-refractivity contribution is 5.93. The second-order valence-corrected chi connectivity index (χ2v) is 5.19. The van der Waals surface area contributed by atoms with Crippen LogP contribution in [-0.2, 0) is 0 Å². The fraction of sp³-hybridized carbons (Fsp3) is 0.533. The van der Waals surface area contributed by atoms with Crippen LogP contribution in [0, 0.1) is 10.1 Å². The summed E-state index contributed by atoms with van der Waals surface area (Å²) in [5.74, 6) is -1.29. The number of carbonyl (C=O) groups is 1. The average Bonchev–Trinajstić information content (AvgIpc) is 2.43. The highest BCUT2D eigenvalue weighted by atomic mass is 16.6. The molecule has 1 atom stereocenters. The van der Waals surface area contributed by atoms with Crippen molar-refractivity contribution in [1.29, 1.82) is 0 Å². The van der Waals surface area contributed by atoms with Crippen LogP contribution in [0.2, 0.25) is 0 Å². The highest BCUT2D eigenvalue weighted by Crippen LogP contribution is 2.23. The van der Waals surface area contributed by atoms with Gasteiger partial charge in [-0.3, -0.25) is 10.1 Å². The Kier molecular flexibility index (Phi) is 6.65. The molecule has 0 fully saturated rings. The minimum atomic E-state index is -1.29. The minimum absolute atomic E-state index is 0.199. The first-order valence-corrected chi connectivity index (χ1v) is 7.24. The Morgan fingerprint density at radius 3 is 2.67 bits per heavy atom. The first-order chi connectivity index (χ1) is 9.95. The zero-order chi connectivity index (χ0) is 15.8. The Morgan fingerprint density at radius 1 is 1.38 bits per heavy atom. The molecule has 1 aromatic carbocycles. The zero-order valence-corrected chi connectivity index (χ0v) is 12.5. The van der Waals surface area contributed by atoms with Crippen molar-refractivity contribution in [1.82, 2.24) is 0 Å². The molecule has 1 aromatic rings. The molecule has 2 N–H and O–H groups in total. The Morgan fingerprint density at radius 2 is 2.10 bits per heavy atom. The molecule has 0 aliphatic heterocycles. The summed E-state index contributed by atoms with van der Waals surface area (Å²) in [6, 6.07) is 4.30. The van der Waals surface area contributed by atoms with Crippen LogP contribution in [0.25, 0.3) is 0 Å². The third kappa shape index (κ3) is 5.41. The average molecular weight is 294 g/mol. The standard InChI is InChI=1S/C15H22N2O4/c1-3-4-5-6-7-11(2)16-12-8-9-14(17(20)21)13(10-12)15(18)19/h8-11,16H,3-7H2,1-2H3,(H,18,19). The molecule has 0 bridgehead atoms. The number of hydrogen-bond acceptors (Lipinski definition) is 4. The number of hydrogen-bond donors (Lipinski definition) is 2. The quantitative estimate of drug-likeness (QED) is 0.407. The van der Waals surface area contributed by atoms with E-state index in [0.29, 0.717) is 5.69 Å². The number of unbranched alkanes of at least 4 members (excludes halogenated alkanes) is 3. The monoisotopic (exact) mass is 294 g/mol. The van der Waals surface area contributed by atoms with Crippen molar-refractivity contribution in [2.75, 3.05) is 5.32 Å². The van der Waals surface area contributed by atoms with Crippen LogP contribution >= 0.6 is 0 Å². The summed E-state index contributed by atoms with van der Waals surface area (Å²) in [4.78, 5) is 21.2. The summed E-state index contributed by atoms with van der Waals surface area (Å²) in [5, 5.41) is 23.0. The molecule has 0 radical (unpaired) electrons. The number of nitrogens with one attached hydrogen (secondary N) is 1. The zero-order valence-electron chi connectivity index (χ0n) is 12.5. The second kappa shape index (κ2) is 8.24. The van der Waals surface area contributed by atoms with Crippen molar-refractivity contribution in [3.8, 4) is 0 Å². The summed E-state index contributed by atoms with van der Waals surface area (Å²) in [5.41, 5.74) is -0.0761. The number of aromatic carboxylic acids is 1. The van der Waals surface area contributed by atoms with Gasteiger partial charge < -0.3 is 10.4 Å². The SMILES string of the molecule is CCCCCCC(C)Nc1ccc([N+](=O)[O-])c(C(=O)O)c1. The fourth-order valence-corrected chi connectivity index (χ4v) is 2.19. The van der Waals surface area contributed by atoms with Gasteiger partial charge in [-0.1, -0.05) is 32.6 Å². The van der Waals surface area contributed by atoms with E-state index in [1.54, 1.807) is 6.07 Å². The van der Waals surface area contributed by atoms with E-state index in [4.69, 9.17) is 5.11 Å². The summed E-state index contributed by atoms with van der Waals surface area (Å²) in [7, 11) is 0. The van der Waals surface area contributed by atoms with Gasteiger partial charge in [0.2, 0.25) is 0 Å². The minimum Gasteiger partial charge on any atom is -0.477 e. The third-order valence-corrected chi connectivity index (χ3v) is 3.33. The van der Waals surface area contributed by atoms with Gasteiger partial charge >= 0.3 is 5.97 Å². The van der Waals surface area contributed by atoms with Gasteiger partial charge in [0.15, 0.2) is 0 Å². The van der Waals surface area contributed by atoms with Crippen LogP contribution in [0.15, 0.2) is 18.2 Å². The number of anilines is 1. The lowest BCUT2D eigenvalue weighted by Gasteiger charge is -2.15. The maximum Gasteiger partial charge on any atom is 0.342 e. The van der Waals surface area contributed by atoms with Crippen LogP contribution in [0.4, 0.5) is 11.4 Å². The van der Waals surface area contributed by atoms with Gasteiger partial charge in [0.25, 0.3) is 5.69 Å². The van der Waals surface area contributed by atoms with Gasteiger partial charge in [-0.25, -0.2) is 4.79 Å². The van der Waals surface area contributed by atoms with E-state index in [1.807, 2.05) is 6.92 Å². The molecule has 0 spiro atoms. The molecule has 0 heterocycles. The summed E-state index contributed by atoms with van der Waals surface area (Å²) >= 11 is 0. The van der Waals surface area contributed by atoms with Crippen LogP contribution in [0.1, 0.15) is 56.3 Å². The molecule has 6 heteroatoms. The molecular weight excluding hydrogens is 272 g/mol. The predicted molar refractivity (Wildman–Crippen MR) is 81.9 cm³/mol. The van der Waals surface area contributed by atoms with E-state index in [-0.39, 0.29) is 17.3 Å². The van der Waals surface area contributed by atoms with E-state index in [9.17, 15) is 14.9 Å². The Hall–Kier alpha value is -2.11. The maximum atomic E-state index is 11.1. The predicted octanol–water partition coefficient (Wildman–Crippen LogP) is 4.06. The Bertz CT molecular complexity index is 502. The first kappa shape index (κ1) is 16.9. The van der Waals surface area contributed by atoms with Gasteiger partial charge in [-0.2, -0.15) is 0 Å². The highest BCUT2D eigenvalue weighted by Gasteiger charge is 2.20. The largest absolute Gasteiger partial charge is 0.477 e. The second-order valence-electron chi connectivity index (χ2n) is 5.19. The molecule has 6 nitrogen and oxygen atoms in total. The van der Waals surface area contributed by atoms with Crippen LogP contribution in [0.3, 0.4) is 0 Å². The van der Waals surface area contributed by atoms with Crippen LogP contribution < -0.4 is 5.32 Å². The molecule has 0 aliphatic carbocycles. The van der Waals surface area contributed by atoms with Crippen molar-refractivity contribution < 1.29 is 14.8 Å². The van der Waals surface area contributed by atoms with Crippen molar-refractivity contribution >= 4 is 17.3 Å². The van der Waals surface area contributed by atoms with Crippen molar-refractivity contribution in [3.63, 3.8) is 0 Å². The van der Waals surface area contributed by atoms with Crippen LogP contribution in [-0.4, -0.2) is 22.0 Å². The number of carboxylic acids is 1. The molecular formula is C15H22N2O4. The number of nitro benzene ring substituents is 1. The Balaban J connectivity index is 2.69. The molecule has 1 rings (SSSR count). The smallest absolute Gasteiger partial charge is 0.342 e. The number of nitro groups is 1. The number of rotatable bonds is 9. The van der Waals surface area contributed by atoms with Gasteiger partial charge in [0.1, 0.15) is 5.56 Å². The maximum absolute atomic E-state index is 11.1. The van der Waals surface area contributed by atoms with Gasteiger partial charge in [-0.15, -0.1) is 0 Å². The molecule has 0 aromatic heterocycles. The van der Waals surface area contributed by atoms with E-state index >= 15 is 0 Å². The summed E-state index contributed by atoms with van der Waals surface area (Å²) < 4.78 is 0. The number of nitrogens with zero attached hydrogens (tertiary/aromatic N) is 1.